The minimum atomic E-state index is -0.181. The fourth-order valence-electron chi connectivity index (χ4n) is 2.50. The summed E-state index contributed by atoms with van der Waals surface area (Å²) in [6.07, 6.45) is 0. The number of ether oxygens (including phenoxy) is 2. The molecule has 3 heterocycles. The molecule has 2 aliphatic heterocycles. The number of aliphatic hydroxyl groups is 1. The van der Waals surface area contributed by atoms with E-state index in [1.165, 1.54) is 0 Å². The summed E-state index contributed by atoms with van der Waals surface area (Å²) < 4.78 is 11.2. The molecule has 2 aliphatic rings. The Bertz CT molecular complexity index is 537. The van der Waals surface area contributed by atoms with E-state index in [4.69, 9.17) is 21.1 Å². The van der Waals surface area contributed by atoms with Crippen LogP contribution in [0.4, 0.5) is 5.82 Å². The molecule has 0 saturated carbocycles. The molecule has 0 unspecified atom stereocenters. The van der Waals surface area contributed by atoms with Crippen molar-refractivity contribution in [3.8, 4) is 5.75 Å². The standard InChI is InChI=1S/C12H14ClN3O3/c1-6-3-18-4-8-5-19-10-9(7(2)17)14-12(13)15-11(10)16(6)8/h6,8,17H,2-5H2,1H3/t6-,8+/m1/s1. The number of anilines is 1. The molecule has 2 atom stereocenters. The largest absolute Gasteiger partial charge is 0.506 e. The van der Waals surface area contributed by atoms with Crippen molar-refractivity contribution in [1.82, 2.24) is 9.97 Å². The minimum absolute atomic E-state index is 0.0619. The molecule has 1 fully saturated rings. The van der Waals surface area contributed by atoms with E-state index in [0.717, 1.165) is 0 Å². The molecule has 1 aromatic heterocycles. The maximum atomic E-state index is 9.60. The van der Waals surface area contributed by atoms with Crippen LogP contribution in [0.1, 0.15) is 12.6 Å². The van der Waals surface area contributed by atoms with Crippen molar-refractivity contribution in [3.05, 3.63) is 17.6 Å². The third-order valence-corrected chi connectivity index (χ3v) is 3.46. The van der Waals surface area contributed by atoms with Crippen LogP contribution in [0.2, 0.25) is 5.28 Å². The Hall–Kier alpha value is -1.53. The highest BCUT2D eigenvalue weighted by molar-refractivity contribution is 6.28. The summed E-state index contributed by atoms with van der Waals surface area (Å²) >= 11 is 5.92. The number of fused-ring (bicyclic) bond motifs is 3. The molecule has 0 amide bonds. The average molecular weight is 284 g/mol. The highest BCUT2D eigenvalue weighted by Crippen LogP contribution is 2.39. The van der Waals surface area contributed by atoms with Crippen LogP contribution in [0.5, 0.6) is 5.75 Å². The van der Waals surface area contributed by atoms with Crippen molar-refractivity contribution < 1.29 is 14.6 Å². The van der Waals surface area contributed by atoms with E-state index in [2.05, 4.69) is 21.4 Å². The minimum Gasteiger partial charge on any atom is -0.506 e. The van der Waals surface area contributed by atoms with Crippen molar-refractivity contribution in [1.29, 1.82) is 0 Å². The van der Waals surface area contributed by atoms with E-state index < -0.39 is 0 Å². The van der Waals surface area contributed by atoms with Gasteiger partial charge in [0.2, 0.25) is 5.28 Å². The van der Waals surface area contributed by atoms with Crippen molar-refractivity contribution >= 4 is 23.2 Å². The zero-order valence-corrected chi connectivity index (χ0v) is 11.2. The van der Waals surface area contributed by atoms with Crippen molar-refractivity contribution in [2.45, 2.75) is 19.0 Å². The number of hydrogen-bond donors (Lipinski definition) is 1. The first kappa shape index (κ1) is 12.5. The van der Waals surface area contributed by atoms with Gasteiger partial charge in [-0.1, -0.05) is 6.58 Å². The zero-order chi connectivity index (χ0) is 13.6. The molecule has 1 N–H and O–H groups in total. The number of aliphatic hydroxyl groups excluding tert-OH is 1. The van der Waals surface area contributed by atoms with Crippen LogP contribution in [-0.4, -0.2) is 47.0 Å². The number of hydrogen-bond acceptors (Lipinski definition) is 6. The molecule has 1 aromatic rings. The van der Waals surface area contributed by atoms with E-state index in [-0.39, 0.29) is 28.8 Å². The SMILES string of the molecule is C=C(O)c1nc(Cl)nc2c1OC[C@@H]1COC[C@@H](C)N21. The number of rotatable bonds is 1. The lowest BCUT2D eigenvalue weighted by Gasteiger charge is -2.44. The predicted molar refractivity (Wildman–Crippen MR) is 70.7 cm³/mol. The van der Waals surface area contributed by atoms with Crippen LogP contribution in [0, 0.1) is 0 Å². The smallest absolute Gasteiger partial charge is 0.225 e. The highest BCUT2D eigenvalue weighted by Gasteiger charge is 2.37. The van der Waals surface area contributed by atoms with E-state index >= 15 is 0 Å². The second-order valence-corrected chi connectivity index (χ2v) is 5.04. The molecule has 0 radical (unpaired) electrons. The average Bonchev–Trinajstić information content (AvgIpc) is 2.37. The molecule has 0 aromatic carbocycles. The van der Waals surface area contributed by atoms with Gasteiger partial charge in [-0.25, -0.2) is 4.98 Å². The number of nitrogens with zero attached hydrogens (tertiary/aromatic N) is 3. The number of halogens is 1. The third-order valence-electron chi connectivity index (χ3n) is 3.30. The Balaban J connectivity index is 2.13. The second kappa shape index (κ2) is 4.54. The molecule has 0 bridgehead atoms. The van der Waals surface area contributed by atoms with Crippen molar-refractivity contribution in [3.63, 3.8) is 0 Å². The lowest BCUT2D eigenvalue weighted by molar-refractivity contribution is 0.0485. The third kappa shape index (κ3) is 2.01. The lowest BCUT2D eigenvalue weighted by atomic mass is 10.1. The van der Waals surface area contributed by atoms with Crippen LogP contribution >= 0.6 is 11.6 Å². The van der Waals surface area contributed by atoms with Gasteiger partial charge in [0.15, 0.2) is 17.3 Å². The first-order valence-electron chi connectivity index (χ1n) is 6.02. The maximum absolute atomic E-state index is 9.60. The van der Waals surface area contributed by atoms with Gasteiger partial charge in [-0.3, -0.25) is 0 Å². The van der Waals surface area contributed by atoms with Gasteiger partial charge in [-0.2, -0.15) is 4.98 Å². The summed E-state index contributed by atoms with van der Waals surface area (Å²) in [5, 5.41) is 9.66. The topological polar surface area (TPSA) is 67.7 Å². The van der Waals surface area contributed by atoms with Crippen LogP contribution < -0.4 is 9.64 Å². The molecule has 0 aliphatic carbocycles. The second-order valence-electron chi connectivity index (χ2n) is 4.70. The summed E-state index contributed by atoms with van der Waals surface area (Å²) in [7, 11) is 0. The lowest BCUT2D eigenvalue weighted by Crippen LogP contribution is -2.56. The summed E-state index contributed by atoms with van der Waals surface area (Å²) in [6, 6.07) is 0.259. The molecule has 1 saturated heterocycles. The van der Waals surface area contributed by atoms with Gasteiger partial charge in [-0.05, 0) is 18.5 Å². The number of morpholine rings is 1. The van der Waals surface area contributed by atoms with Crippen LogP contribution in [-0.2, 0) is 4.74 Å². The fraction of sp³-hybridized carbons (Fsp3) is 0.500. The molecule has 6 nitrogen and oxygen atoms in total. The van der Waals surface area contributed by atoms with Crippen molar-refractivity contribution in [2.24, 2.45) is 0 Å². The Morgan fingerprint density at radius 1 is 1.42 bits per heavy atom. The van der Waals surface area contributed by atoms with Gasteiger partial charge in [-0.15, -0.1) is 0 Å². The molecule has 7 heteroatoms. The molecular formula is C12H14ClN3O3. The summed E-state index contributed by atoms with van der Waals surface area (Å²) in [6.45, 7) is 7.19. The quantitative estimate of drug-likeness (QED) is 0.624. The first-order valence-corrected chi connectivity index (χ1v) is 6.40. The van der Waals surface area contributed by atoms with Gasteiger partial charge in [0.25, 0.3) is 0 Å². The fourth-order valence-corrected chi connectivity index (χ4v) is 2.66. The van der Waals surface area contributed by atoms with Crippen LogP contribution in [0.15, 0.2) is 6.58 Å². The van der Waals surface area contributed by atoms with Crippen molar-refractivity contribution in [2.75, 3.05) is 24.7 Å². The highest BCUT2D eigenvalue weighted by atomic mass is 35.5. The van der Waals surface area contributed by atoms with Gasteiger partial charge < -0.3 is 19.5 Å². The predicted octanol–water partition coefficient (Wildman–Crippen LogP) is 1.64. The molecule has 0 spiro atoms. The Morgan fingerprint density at radius 3 is 2.95 bits per heavy atom. The summed E-state index contributed by atoms with van der Waals surface area (Å²) in [4.78, 5) is 10.3. The monoisotopic (exact) mass is 283 g/mol. The first-order chi connectivity index (χ1) is 9.08. The molecular weight excluding hydrogens is 270 g/mol. The summed E-state index contributed by atoms with van der Waals surface area (Å²) in [5.41, 5.74) is 0.243. The number of aromatic nitrogens is 2. The van der Waals surface area contributed by atoms with Gasteiger partial charge in [0.05, 0.1) is 25.3 Å². The van der Waals surface area contributed by atoms with E-state index in [0.29, 0.717) is 31.4 Å². The Labute approximate surface area is 115 Å². The van der Waals surface area contributed by atoms with Gasteiger partial charge >= 0.3 is 0 Å². The normalized spacial score (nSPS) is 25.3. The zero-order valence-electron chi connectivity index (χ0n) is 10.5. The van der Waals surface area contributed by atoms with Gasteiger partial charge in [0.1, 0.15) is 12.4 Å². The van der Waals surface area contributed by atoms with Gasteiger partial charge in [0, 0.05) is 0 Å². The van der Waals surface area contributed by atoms with Crippen LogP contribution in [0.25, 0.3) is 5.76 Å². The molecule has 3 rings (SSSR count). The summed E-state index contributed by atoms with van der Waals surface area (Å²) in [5.74, 6) is 0.846. The molecule has 102 valence electrons. The van der Waals surface area contributed by atoms with E-state index in [9.17, 15) is 5.11 Å². The maximum Gasteiger partial charge on any atom is 0.225 e. The van der Waals surface area contributed by atoms with Crippen LogP contribution in [0.3, 0.4) is 0 Å². The van der Waals surface area contributed by atoms with E-state index in [1.807, 2.05) is 6.92 Å². The van der Waals surface area contributed by atoms with E-state index in [1.54, 1.807) is 0 Å². The Morgan fingerprint density at radius 2 is 2.21 bits per heavy atom. The Kier molecular flexibility index (Phi) is 2.99. The molecule has 19 heavy (non-hydrogen) atoms.